The van der Waals surface area contributed by atoms with Crippen molar-refractivity contribution in [1.29, 1.82) is 0 Å². The summed E-state index contributed by atoms with van der Waals surface area (Å²) in [5.74, 6) is -0.474. The first-order chi connectivity index (χ1) is 10.6. The van der Waals surface area contributed by atoms with Gasteiger partial charge in [0.25, 0.3) is 5.91 Å². The van der Waals surface area contributed by atoms with E-state index in [1.54, 1.807) is 11.0 Å². The number of ether oxygens (including phenoxy) is 1. The van der Waals surface area contributed by atoms with Crippen LogP contribution in [0.15, 0.2) is 33.1 Å². The summed E-state index contributed by atoms with van der Waals surface area (Å²) in [5, 5.41) is 8.87. The summed E-state index contributed by atoms with van der Waals surface area (Å²) in [7, 11) is 0. The molecule has 1 aliphatic rings. The van der Waals surface area contributed by atoms with Crippen molar-refractivity contribution in [2.45, 2.75) is 13.0 Å². The Kier molecular flexibility index (Phi) is 3.72. The fraction of sp³-hybridized carbons (Fsp3) is 0.333. The minimum Gasteiger partial charge on any atom is -0.475 e. The van der Waals surface area contributed by atoms with E-state index in [0.717, 1.165) is 5.76 Å². The molecule has 22 heavy (non-hydrogen) atoms. The third-order valence-electron chi connectivity index (χ3n) is 3.51. The Bertz CT molecular complexity index is 700. The van der Waals surface area contributed by atoms with E-state index >= 15 is 0 Å². The van der Waals surface area contributed by atoms with Gasteiger partial charge in [0.2, 0.25) is 5.76 Å². The topological polar surface area (TPSA) is 93.1 Å². The number of nitrogens with zero attached hydrogens (tertiary/aromatic N) is 1. The van der Waals surface area contributed by atoms with E-state index in [2.05, 4.69) is 0 Å². The average molecular weight is 305 g/mol. The van der Waals surface area contributed by atoms with Crippen LogP contribution in [0.1, 0.15) is 38.7 Å². The van der Waals surface area contributed by atoms with E-state index in [0.29, 0.717) is 25.5 Å². The number of hydrogen-bond acceptors (Lipinski definition) is 5. The fourth-order valence-corrected chi connectivity index (χ4v) is 2.42. The molecule has 7 nitrogen and oxygen atoms in total. The average Bonchev–Trinajstić information content (AvgIpc) is 3.15. The van der Waals surface area contributed by atoms with E-state index in [9.17, 15) is 9.59 Å². The van der Waals surface area contributed by atoms with Crippen molar-refractivity contribution in [3.8, 4) is 0 Å². The van der Waals surface area contributed by atoms with E-state index in [1.165, 1.54) is 12.1 Å². The molecule has 0 aliphatic carbocycles. The lowest BCUT2D eigenvalue weighted by Gasteiger charge is -2.33. The summed E-state index contributed by atoms with van der Waals surface area (Å²) in [6, 6.07) is 5.91. The second kappa shape index (κ2) is 5.69. The van der Waals surface area contributed by atoms with Gasteiger partial charge in [-0.2, -0.15) is 0 Å². The van der Waals surface area contributed by atoms with Crippen molar-refractivity contribution in [2.24, 2.45) is 0 Å². The van der Waals surface area contributed by atoms with Crippen LogP contribution in [0.2, 0.25) is 0 Å². The normalized spacial score (nSPS) is 18.4. The zero-order valence-electron chi connectivity index (χ0n) is 11.9. The summed E-state index contributed by atoms with van der Waals surface area (Å²) < 4.78 is 16.1. The smallest absolute Gasteiger partial charge is 0.371 e. The lowest BCUT2D eigenvalue weighted by molar-refractivity contribution is -0.0105. The fourth-order valence-electron chi connectivity index (χ4n) is 2.42. The number of carbonyl (C=O) groups is 2. The zero-order valence-corrected chi connectivity index (χ0v) is 11.9. The quantitative estimate of drug-likeness (QED) is 0.933. The number of aromatic carboxylic acids is 1. The third kappa shape index (κ3) is 2.62. The highest BCUT2D eigenvalue weighted by molar-refractivity contribution is 5.93. The van der Waals surface area contributed by atoms with E-state index in [-0.39, 0.29) is 23.5 Å². The molecule has 1 N–H and O–H groups in total. The predicted octanol–water partition coefficient (Wildman–Crippen LogP) is 2.09. The number of carbonyl (C=O) groups excluding carboxylic acids is 1. The summed E-state index contributed by atoms with van der Waals surface area (Å²) >= 11 is 0. The van der Waals surface area contributed by atoms with Crippen LogP contribution in [-0.4, -0.2) is 41.6 Å². The number of amides is 1. The Labute approximate surface area is 126 Å². The van der Waals surface area contributed by atoms with Gasteiger partial charge >= 0.3 is 5.97 Å². The highest BCUT2D eigenvalue weighted by Gasteiger charge is 2.33. The van der Waals surface area contributed by atoms with Gasteiger partial charge in [0.15, 0.2) is 5.76 Å². The van der Waals surface area contributed by atoms with Crippen LogP contribution in [-0.2, 0) is 4.74 Å². The van der Waals surface area contributed by atoms with Crippen molar-refractivity contribution >= 4 is 11.9 Å². The van der Waals surface area contributed by atoms with Gasteiger partial charge in [-0.15, -0.1) is 0 Å². The minimum atomic E-state index is -1.21. The lowest BCUT2D eigenvalue weighted by atomic mass is 10.1. The van der Waals surface area contributed by atoms with Crippen LogP contribution in [0.25, 0.3) is 0 Å². The van der Waals surface area contributed by atoms with Gasteiger partial charge in [0.05, 0.1) is 13.2 Å². The second-order valence-electron chi connectivity index (χ2n) is 5.01. The van der Waals surface area contributed by atoms with Crippen LogP contribution in [0.3, 0.4) is 0 Å². The lowest BCUT2D eigenvalue weighted by Crippen LogP contribution is -2.43. The Morgan fingerprint density at radius 3 is 2.59 bits per heavy atom. The maximum Gasteiger partial charge on any atom is 0.371 e. The van der Waals surface area contributed by atoms with Crippen LogP contribution in [0.4, 0.5) is 0 Å². The van der Waals surface area contributed by atoms with Crippen LogP contribution in [0.5, 0.6) is 0 Å². The maximum absolute atomic E-state index is 12.6. The first kappa shape index (κ1) is 14.4. The van der Waals surface area contributed by atoms with Gasteiger partial charge in [-0.25, -0.2) is 4.79 Å². The number of carboxylic acid groups (broad SMARTS) is 1. The highest BCUT2D eigenvalue weighted by Crippen LogP contribution is 2.27. The van der Waals surface area contributed by atoms with Gasteiger partial charge < -0.3 is 23.6 Å². The molecule has 0 unspecified atom stereocenters. The summed E-state index contributed by atoms with van der Waals surface area (Å²) in [4.78, 5) is 25.0. The number of morpholine rings is 1. The Hall–Kier alpha value is -2.54. The molecule has 1 saturated heterocycles. The van der Waals surface area contributed by atoms with E-state index < -0.39 is 5.97 Å². The number of hydrogen-bond donors (Lipinski definition) is 1. The predicted molar refractivity (Wildman–Crippen MR) is 73.7 cm³/mol. The Balaban J connectivity index is 1.86. The van der Waals surface area contributed by atoms with Crippen LogP contribution >= 0.6 is 0 Å². The minimum absolute atomic E-state index is 0.00687. The molecule has 0 spiro atoms. The number of aryl methyl sites for hydroxylation is 1. The van der Waals surface area contributed by atoms with Crippen LogP contribution in [0, 0.1) is 6.92 Å². The Morgan fingerprint density at radius 2 is 1.95 bits per heavy atom. The molecule has 1 aliphatic heterocycles. The monoisotopic (exact) mass is 305 g/mol. The molecular formula is C15H15NO6. The first-order valence-electron chi connectivity index (χ1n) is 6.84. The summed E-state index contributed by atoms with van der Waals surface area (Å²) in [5.41, 5.74) is 0. The van der Waals surface area contributed by atoms with E-state index in [1.807, 2.05) is 13.0 Å². The molecular weight excluding hydrogens is 290 g/mol. The van der Waals surface area contributed by atoms with Gasteiger partial charge in [0.1, 0.15) is 17.6 Å². The molecule has 0 saturated carbocycles. The molecule has 1 atom stereocenters. The number of carboxylic acids is 1. The largest absolute Gasteiger partial charge is 0.475 e. The molecule has 7 heteroatoms. The molecule has 0 bridgehead atoms. The van der Waals surface area contributed by atoms with Crippen molar-refractivity contribution in [2.75, 3.05) is 19.8 Å². The number of furan rings is 2. The summed E-state index contributed by atoms with van der Waals surface area (Å²) in [6.07, 6.45) is 0. The molecule has 3 rings (SSSR count). The molecule has 2 aromatic rings. The molecule has 0 aromatic carbocycles. The molecule has 2 aromatic heterocycles. The van der Waals surface area contributed by atoms with Crippen molar-refractivity contribution in [3.05, 3.63) is 47.3 Å². The SMILES string of the molecule is Cc1ccc([C@H]2COCCN2C(=O)c2ccc(C(=O)O)o2)o1. The molecule has 1 fully saturated rings. The van der Waals surface area contributed by atoms with Gasteiger partial charge in [-0.05, 0) is 31.2 Å². The van der Waals surface area contributed by atoms with Crippen LogP contribution < -0.4 is 0 Å². The standard InChI is InChI=1S/C15H15NO6/c1-9-2-3-11(21-9)10-8-20-7-6-16(10)14(17)12-4-5-13(22-12)15(18)19/h2-5,10H,6-8H2,1H3,(H,18,19)/t10-/m1/s1. The molecule has 3 heterocycles. The van der Waals surface area contributed by atoms with Gasteiger partial charge in [-0.1, -0.05) is 0 Å². The van der Waals surface area contributed by atoms with Crippen molar-refractivity contribution in [3.63, 3.8) is 0 Å². The van der Waals surface area contributed by atoms with E-state index in [4.69, 9.17) is 18.7 Å². The zero-order chi connectivity index (χ0) is 15.7. The molecule has 116 valence electrons. The van der Waals surface area contributed by atoms with Gasteiger partial charge in [-0.3, -0.25) is 4.79 Å². The Morgan fingerprint density at radius 1 is 1.18 bits per heavy atom. The second-order valence-corrected chi connectivity index (χ2v) is 5.01. The third-order valence-corrected chi connectivity index (χ3v) is 3.51. The molecule has 1 amide bonds. The van der Waals surface area contributed by atoms with Gasteiger partial charge in [0, 0.05) is 6.54 Å². The molecule has 0 radical (unpaired) electrons. The maximum atomic E-state index is 12.6. The van der Waals surface area contributed by atoms with Crippen molar-refractivity contribution < 1.29 is 28.3 Å². The first-order valence-corrected chi connectivity index (χ1v) is 6.84. The number of rotatable bonds is 3. The highest BCUT2D eigenvalue weighted by atomic mass is 16.5. The van der Waals surface area contributed by atoms with Crippen molar-refractivity contribution in [1.82, 2.24) is 4.90 Å². The summed E-state index contributed by atoms with van der Waals surface area (Å²) in [6.45, 7) is 2.94.